The van der Waals surface area contributed by atoms with Gasteiger partial charge in [-0.1, -0.05) is 18.2 Å². The van der Waals surface area contributed by atoms with E-state index in [1.54, 1.807) is 25.1 Å². The highest BCUT2D eigenvalue weighted by molar-refractivity contribution is 5.69. The molecule has 0 amide bonds. The van der Waals surface area contributed by atoms with Gasteiger partial charge in [0.15, 0.2) is 0 Å². The van der Waals surface area contributed by atoms with Gasteiger partial charge in [-0.05, 0) is 32.9 Å². The highest BCUT2D eigenvalue weighted by Gasteiger charge is 2.14. The summed E-state index contributed by atoms with van der Waals surface area (Å²) in [6.45, 7) is 1.74. The highest BCUT2D eigenvalue weighted by Crippen LogP contribution is 2.26. The molecule has 1 rings (SSSR count). The van der Waals surface area contributed by atoms with Gasteiger partial charge in [0.25, 0.3) is 0 Å². The Morgan fingerprint density at radius 2 is 2.05 bits per heavy atom. The molecule has 1 aromatic carbocycles. The van der Waals surface area contributed by atoms with Crippen molar-refractivity contribution in [1.29, 1.82) is 0 Å². The number of esters is 1. The van der Waals surface area contributed by atoms with Crippen LogP contribution in [0.1, 0.15) is 38.3 Å². The summed E-state index contributed by atoms with van der Waals surface area (Å²) in [6.07, 6.45) is 0.962. The van der Waals surface area contributed by atoms with Crippen molar-refractivity contribution in [3.05, 3.63) is 29.8 Å². The van der Waals surface area contributed by atoms with Gasteiger partial charge in [-0.2, -0.15) is 8.78 Å². The largest absolute Gasteiger partial charge is 0.466 e. The van der Waals surface area contributed by atoms with Crippen molar-refractivity contribution in [3.63, 3.8) is 0 Å². The Labute approximate surface area is 123 Å². The van der Waals surface area contributed by atoms with Gasteiger partial charge in [0.1, 0.15) is 5.75 Å². The van der Waals surface area contributed by atoms with E-state index in [1.807, 2.05) is 6.92 Å². The van der Waals surface area contributed by atoms with Crippen LogP contribution in [0.15, 0.2) is 24.3 Å². The van der Waals surface area contributed by atoms with E-state index in [9.17, 15) is 13.6 Å². The van der Waals surface area contributed by atoms with Gasteiger partial charge in [0, 0.05) is 18.0 Å². The maximum atomic E-state index is 12.3. The van der Waals surface area contributed by atoms with E-state index in [4.69, 9.17) is 4.74 Å². The number of para-hydroxylation sites is 1. The Kier molecular flexibility index (Phi) is 7.68. The zero-order valence-electron chi connectivity index (χ0n) is 12.3. The van der Waals surface area contributed by atoms with Gasteiger partial charge >= 0.3 is 12.6 Å². The van der Waals surface area contributed by atoms with Gasteiger partial charge in [-0.15, -0.1) is 0 Å². The molecule has 0 saturated carbocycles. The van der Waals surface area contributed by atoms with Crippen LogP contribution in [-0.2, 0) is 9.53 Å². The number of rotatable bonds is 9. The number of benzene rings is 1. The van der Waals surface area contributed by atoms with Crippen LogP contribution in [0, 0.1) is 0 Å². The maximum Gasteiger partial charge on any atom is 0.387 e. The molecular formula is C15H21F2NO3. The quantitative estimate of drug-likeness (QED) is 0.561. The Morgan fingerprint density at radius 3 is 2.71 bits per heavy atom. The first-order valence-electron chi connectivity index (χ1n) is 6.97. The lowest BCUT2D eigenvalue weighted by molar-refractivity contribution is -0.143. The molecule has 21 heavy (non-hydrogen) atoms. The third-order valence-corrected chi connectivity index (χ3v) is 2.92. The third-order valence-electron chi connectivity index (χ3n) is 2.92. The van der Waals surface area contributed by atoms with E-state index >= 15 is 0 Å². The van der Waals surface area contributed by atoms with Crippen molar-refractivity contribution in [3.8, 4) is 5.75 Å². The van der Waals surface area contributed by atoms with Crippen molar-refractivity contribution < 1.29 is 23.0 Å². The molecule has 1 unspecified atom stereocenters. The second-order valence-electron chi connectivity index (χ2n) is 4.50. The topological polar surface area (TPSA) is 47.6 Å². The van der Waals surface area contributed by atoms with Gasteiger partial charge in [0.05, 0.1) is 6.61 Å². The first-order valence-corrected chi connectivity index (χ1v) is 6.97. The molecule has 1 N–H and O–H groups in total. The molecule has 0 aliphatic carbocycles. The van der Waals surface area contributed by atoms with Crippen LogP contribution in [0.25, 0.3) is 0 Å². The van der Waals surface area contributed by atoms with Gasteiger partial charge in [-0.3, -0.25) is 4.79 Å². The maximum absolute atomic E-state index is 12.3. The van der Waals surface area contributed by atoms with Gasteiger partial charge in [0.2, 0.25) is 0 Å². The monoisotopic (exact) mass is 301 g/mol. The average Bonchev–Trinajstić information content (AvgIpc) is 2.43. The van der Waals surface area contributed by atoms with Crippen LogP contribution >= 0.6 is 0 Å². The van der Waals surface area contributed by atoms with Crippen LogP contribution in [0.5, 0.6) is 5.75 Å². The van der Waals surface area contributed by atoms with E-state index in [0.717, 1.165) is 0 Å². The predicted octanol–water partition coefficient (Wildman–Crippen LogP) is 3.28. The van der Waals surface area contributed by atoms with Crippen LogP contribution < -0.4 is 10.1 Å². The number of carbonyl (C=O) groups excluding carboxylic acids is 1. The van der Waals surface area contributed by atoms with Crippen LogP contribution in [0.2, 0.25) is 0 Å². The molecule has 0 heterocycles. The van der Waals surface area contributed by atoms with Crippen LogP contribution in [0.3, 0.4) is 0 Å². The summed E-state index contributed by atoms with van der Waals surface area (Å²) in [6, 6.07) is 6.51. The second-order valence-corrected chi connectivity index (χ2v) is 4.50. The molecule has 1 atom stereocenters. The van der Waals surface area contributed by atoms with Crippen molar-refractivity contribution in [1.82, 2.24) is 5.32 Å². The molecular weight excluding hydrogens is 280 g/mol. The Balaban J connectivity index is 2.45. The zero-order chi connectivity index (χ0) is 15.7. The first kappa shape index (κ1) is 17.4. The van der Waals surface area contributed by atoms with Crippen molar-refractivity contribution in [2.45, 2.75) is 39.3 Å². The number of hydrogen-bond acceptors (Lipinski definition) is 4. The predicted molar refractivity (Wildman–Crippen MR) is 75.4 cm³/mol. The number of alkyl halides is 2. The number of carbonyl (C=O) groups is 1. The molecule has 0 spiro atoms. The van der Waals surface area contributed by atoms with E-state index in [-0.39, 0.29) is 17.8 Å². The number of halogens is 2. The fourth-order valence-electron chi connectivity index (χ4n) is 1.94. The lowest BCUT2D eigenvalue weighted by atomic mass is 10.1. The fourth-order valence-corrected chi connectivity index (χ4v) is 1.94. The summed E-state index contributed by atoms with van der Waals surface area (Å²) >= 11 is 0. The summed E-state index contributed by atoms with van der Waals surface area (Å²) in [4.78, 5) is 11.2. The zero-order valence-corrected chi connectivity index (χ0v) is 12.3. The molecule has 0 saturated heterocycles. The molecule has 1 aromatic rings. The lowest BCUT2D eigenvalue weighted by Crippen LogP contribution is -2.21. The SMILES string of the molecule is CCOC(=O)CCCNC(C)c1ccccc1OC(F)F. The third kappa shape index (κ3) is 6.53. The van der Waals surface area contributed by atoms with Crippen molar-refractivity contribution in [2.75, 3.05) is 13.2 Å². The van der Waals surface area contributed by atoms with E-state index in [0.29, 0.717) is 31.6 Å². The van der Waals surface area contributed by atoms with Gasteiger partial charge in [-0.25, -0.2) is 0 Å². The summed E-state index contributed by atoms with van der Waals surface area (Å²) < 4.78 is 34.0. The van der Waals surface area contributed by atoms with Crippen LogP contribution in [0.4, 0.5) is 8.78 Å². The minimum absolute atomic E-state index is 0.151. The fraction of sp³-hybridized carbons (Fsp3) is 0.533. The van der Waals surface area contributed by atoms with Crippen molar-refractivity contribution >= 4 is 5.97 Å². The lowest BCUT2D eigenvalue weighted by Gasteiger charge is -2.18. The molecule has 0 radical (unpaired) electrons. The van der Waals surface area contributed by atoms with Gasteiger partial charge < -0.3 is 14.8 Å². The van der Waals surface area contributed by atoms with E-state index in [1.165, 1.54) is 6.07 Å². The van der Waals surface area contributed by atoms with E-state index < -0.39 is 6.61 Å². The number of ether oxygens (including phenoxy) is 2. The molecule has 6 heteroatoms. The van der Waals surface area contributed by atoms with Crippen molar-refractivity contribution in [2.24, 2.45) is 0 Å². The summed E-state index contributed by atoms with van der Waals surface area (Å²) in [5, 5.41) is 3.18. The molecule has 118 valence electrons. The number of nitrogens with one attached hydrogen (secondary N) is 1. The minimum atomic E-state index is -2.85. The average molecular weight is 301 g/mol. The molecule has 0 aromatic heterocycles. The van der Waals surface area contributed by atoms with Crippen LogP contribution in [-0.4, -0.2) is 25.7 Å². The summed E-state index contributed by atoms with van der Waals surface area (Å²) in [5.74, 6) is -0.0636. The smallest absolute Gasteiger partial charge is 0.387 e. The molecule has 4 nitrogen and oxygen atoms in total. The Morgan fingerprint density at radius 1 is 1.33 bits per heavy atom. The summed E-state index contributed by atoms with van der Waals surface area (Å²) in [5.41, 5.74) is 0.661. The first-order chi connectivity index (χ1) is 10.0. The number of hydrogen-bond donors (Lipinski definition) is 1. The molecule has 0 aliphatic heterocycles. The van der Waals surface area contributed by atoms with E-state index in [2.05, 4.69) is 10.1 Å². The Hall–Kier alpha value is -1.69. The Bertz CT molecular complexity index is 441. The highest BCUT2D eigenvalue weighted by atomic mass is 19.3. The molecule has 0 aliphatic rings. The second kappa shape index (κ2) is 9.28. The summed E-state index contributed by atoms with van der Waals surface area (Å²) in [7, 11) is 0. The standard InChI is InChI=1S/C15H21F2NO3/c1-3-20-14(19)9-6-10-18-11(2)12-7-4-5-8-13(12)21-15(16)17/h4-5,7-8,11,15,18H,3,6,9-10H2,1-2H3. The normalized spacial score (nSPS) is 12.2. The molecule has 0 bridgehead atoms. The minimum Gasteiger partial charge on any atom is -0.466 e. The molecule has 0 fully saturated rings.